The summed E-state index contributed by atoms with van der Waals surface area (Å²) in [7, 11) is 0. The van der Waals surface area contributed by atoms with Gasteiger partial charge in [-0.25, -0.2) is 9.45 Å². The Balaban J connectivity index is 1.90. The molecule has 18 heavy (non-hydrogen) atoms. The van der Waals surface area contributed by atoms with Crippen LogP contribution in [0.3, 0.4) is 0 Å². The molecule has 0 bridgehead atoms. The quantitative estimate of drug-likeness (QED) is 0.541. The number of anilines is 1. The van der Waals surface area contributed by atoms with Gasteiger partial charge in [-0.3, -0.25) is 25.6 Å². The second-order valence-electron chi connectivity index (χ2n) is 3.97. The highest BCUT2D eigenvalue weighted by Crippen LogP contribution is 2.16. The van der Waals surface area contributed by atoms with E-state index in [4.69, 9.17) is 5.21 Å². The van der Waals surface area contributed by atoms with Gasteiger partial charge in [-0.15, -0.1) is 0 Å². The van der Waals surface area contributed by atoms with Crippen molar-refractivity contribution in [3.63, 3.8) is 0 Å². The number of hydrogen-bond donors (Lipinski definition) is 3. The van der Waals surface area contributed by atoms with Crippen LogP contribution in [0, 0.1) is 11.7 Å². The molecule has 1 aliphatic heterocycles. The van der Waals surface area contributed by atoms with Crippen molar-refractivity contribution in [1.82, 2.24) is 10.5 Å². The number of halogens is 1. The van der Waals surface area contributed by atoms with Crippen molar-refractivity contribution in [3.05, 3.63) is 30.1 Å². The Morgan fingerprint density at radius 3 is 2.78 bits per heavy atom. The Morgan fingerprint density at radius 2 is 2.17 bits per heavy atom. The second-order valence-corrected chi connectivity index (χ2v) is 3.97. The molecule has 6 nitrogen and oxygen atoms in total. The van der Waals surface area contributed by atoms with Crippen LogP contribution in [0.1, 0.15) is 6.42 Å². The van der Waals surface area contributed by atoms with Crippen LogP contribution in [0.2, 0.25) is 0 Å². The first kappa shape index (κ1) is 12.3. The van der Waals surface area contributed by atoms with Gasteiger partial charge in [0, 0.05) is 6.42 Å². The maximum atomic E-state index is 13.2. The van der Waals surface area contributed by atoms with Crippen molar-refractivity contribution in [3.8, 4) is 0 Å². The Bertz CT molecular complexity index is 480. The summed E-state index contributed by atoms with van der Waals surface area (Å²) in [5.41, 5.74) is 4.87. The van der Waals surface area contributed by atoms with Crippen LogP contribution >= 0.6 is 0 Å². The average Bonchev–Trinajstić information content (AvgIpc) is 2.68. The van der Waals surface area contributed by atoms with Gasteiger partial charge in [0.05, 0.1) is 18.2 Å². The molecule has 1 fully saturated rings. The van der Waals surface area contributed by atoms with Crippen LogP contribution in [0.15, 0.2) is 24.3 Å². The van der Waals surface area contributed by atoms with E-state index in [0.29, 0.717) is 5.06 Å². The fourth-order valence-electron chi connectivity index (χ4n) is 1.66. The van der Waals surface area contributed by atoms with Crippen LogP contribution in [0.25, 0.3) is 0 Å². The predicted molar refractivity (Wildman–Crippen MR) is 59.8 cm³/mol. The maximum Gasteiger partial charge on any atom is 0.246 e. The molecular weight excluding hydrogens is 241 g/mol. The number of benzene rings is 1. The molecular formula is C11H12FN3O3. The lowest BCUT2D eigenvalue weighted by molar-refractivity contribution is -0.157. The molecule has 1 aliphatic rings. The van der Waals surface area contributed by atoms with Crippen LogP contribution < -0.4 is 10.9 Å². The van der Waals surface area contributed by atoms with Gasteiger partial charge < -0.3 is 0 Å². The van der Waals surface area contributed by atoms with Crippen LogP contribution in [-0.2, 0) is 9.59 Å². The molecule has 2 amide bonds. The Labute approximate surface area is 102 Å². The van der Waals surface area contributed by atoms with Crippen molar-refractivity contribution < 1.29 is 19.2 Å². The molecule has 2 rings (SSSR count). The van der Waals surface area contributed by atoms with Crippen molar-refractivity contribution in [2.24, 2.45) is 5.92 Å². The average molecular weight is 253 g/mol. The number of nitrogens with one attached hydrogen (secondary N) is 2. The van der Waals surface area contributed by atoms with Gasteiger partial charge in [0.15, 0.2) is 0 Å². The maximum absolute atomic E-state index is 13.2. The summed E-state index contributed by atoms with van der Waals surface area (Å²) in [5.74, 6) is -2.10. The molecule has 7 heteroatoms. The van der Waals surface area contributed by atoms with E-state index in [1.54, 1.807) is 6.07 Å². The summed E-state index contributed by atoms with van der Waals surface area (Å²) in [4.78, 5) is 22.7. The zero-order chi connectivity index (χ0) is 13.1. The van der Waals surface area contributed by atoms with E-state index < -0.39 is 23.5 Å². The molecule has 96 valence electrons. The van der Waals surface area contributed by atoms with E-state index in [0.717, 1.165) is 0 Å². The number of nitrogens with zero attached hydrogens (tertiary/aromatic N) is 1. The standard InChI is InChI=1S/C11H12FN3O3/c12-8-3-1-2-4-9(8)13-14-11(17)7-5-10(16)15(18)6-7/h1-4,7,13,18H,5-6H2,(H,14,17). The zero-order valence-corrected chi connectivity index (χ0v) is 9.39. The largest absolute Gasteiger partial charge is 0.296 e. The third kappa shape index (κ3) is 2.57. The summed E-state index contributed by atoms with van der Waals surface area (Å²) in [6.07, 6.45) is -0.0543. The molecule has 3 N–H and O–H groups in total. The van der Waals surface area contributed by atoms with Gasteiger partial charge in [0.1, 0.15) is 5.82 Å². The lowest BCUT2D eigenvalue weighted by Crippen LogP contribution is -2.36. The van der Waals surface area contributed by atoms with Gasteiger partial charge >= 0.3 is 0 Å². The van der Waals surface area contributed by atoms with E-state index >= 15 is 0 Å². The molecule has 0 aromatic heterocycles. The van der Waals surface area contributed by atoms with E-state index in [-0.39, 0.29) is 18.7 Å². The van der Waals surface area contributed by atoms with E-state index in [2.05, 4.69) is 10.9 Å². The number of amides is 2. The van der Waals surface area contributed by atoms with Gasteiger partial charge in [-0.05, 0) is 12.1 Å². The molecule has 1 unspecified atom stereocenters. The van der Waals surface area contributed by atoms with Gasteiger partial charge in [-0.2, -0.15) is 0 Å². The van der Waals surface area contributed by atoms with Crippen LogP contribution in [0.5, 0.6) is 0 Å². The molecule has 0 spiro atoms. The molecule has 1 atom stereocenters. The molecule has 1 aromatic carbocycles. The van der Waals surface area contributed by atoms with Gasteiger partial charge in [0.2, 0.25) is 11.8 Å². The molecule has 0 aliphatic carbocycles. The van der Waals surface area contributed by atoms with Gasteiger partial charge in [0.25, 0.3) is 0 Å². The monoisotopic (exact) mass is 253 g/mol. The number of carbonyl (C=O) groups excluding carboxylic acids is 2. The first-order valence-electron chi connectivity index (χ1n) is 5.37. The SMILES string of the molecule is O=C(NNc1ccccc1F)C1CC(=O)N(O)C1. The lowest BCUT2D eigenvalue weighted by atomic mass is 10.1. The van der Waals surface area contributed by atoms with E-state index in [9.17, 15) is 14.0 Å². The molecule has 0 radical (unpaired) electrons. The highest BCUT2D eigenvalue weighted by atomic mass is 19.1. The van der Waals surface area contributed by atoms with Crippen molar-refractivity contribution in [2.75, 3.05) is 12.0 Å². The summed E-state index contributed by atoms with van der Waals surface area (Å²) in [6, 6.07) is 5.87. The van der Waals surface area contributed by atoms with Gasteiger partial charge in [-0.1, -0.05) is 12.1 Å². The fraction of sp³-hybridized carbons (Fsp3) is 0.273. The number of para-hydroxylation sites is 1. The predicted octanol–water partition coefficient (Wildman–Crippen LogP) is 0.506. The zero-order valence-electron chi connectivity index (χ0n) is 9.39. The van der Waals surface area contributed by atoms with E-state index in [1.807, 2.05) is 0 Å². The second kappa shape index (κ2) is 5.01. The number of rotatable bonds is 3. The molecule has 1 heterocycles. The Kier molecular flexibility index (Phi) is 3.42. The highest BCUT2D eigenvalue weighted by Gasteiger charge is 2.33. The summed E-state index contributed by atoms with van der Waals surface area (Å²) < 4.78 is 13.2. The van der Waals surface area contributed by atoms with E-state index in [1.165, 1.54) is 18.2 Å². The fourth-order valence-corrected chi connectivity index (χ4v) is 1.66. The van der Waals surface area contributed by atoms with Crippen LogP contribution in [0.4, 0.5) is 10.1 Å². The topological polar surface area (TPSA) is 81.7 Å². The first-order valence-corrected chi connectivity index (χ1v) is 5.37. The molecule has 1 aromatic rings. The van der Waals surface area contributed by atoms with Crippen molar-refractivity contribution >= 4 is 17.5 Å². The Morgan fingerprint density at radius 1 is 1.44 bits per heavy atom. The van der Waals surface area contributed by atoms with Crippen molar-refractivity contribution in [2.45, 2.75) is 6.42 Å². The smallest absolute Gasteiger partial charge is 0.246 e. The molecule has 1 saturated heterocycles. The number of hydrazine groups is 1. The third-order valence-electron chi connectivity index (χ3n) is 2.67. The minimum Gasteiger partial charge on any atom is -0.296 e. The number of hydroxylamine groups is 2. The normalized spacial score (nSPS) is 18.9. The first-order chi connectivity index (χ1) is 8.58. The lowest BCUT2D eigenvalue weighted by Gasteiger charge is -2.12. The highest BCUT2D eigenvalue weighted by molar-refractivity contribution is 5.89. The minimum atomic E-state index is -0.637. The van der Waals surface area contributed by atoms with Crippen LogP contribution in [-0.4, -0.2) is 28.6 Å². The summed E-state index contributed by atoms with van der Waals surface area (Å²) >= 11 is 0. The molecule has 0 saturated carbocycles. The summed E-state index contributed by atoms with van der Waals surface area (Å²) in [6.45, 7) is -0.0520. The minimum absolute atomic E-state index is 0.0520. The Hall–Kier alpha value is -2.15. The number of hydrogen-bond acceptors (Lipinski definition) is 4. The third-order valence-corrected chi connectivity index (χ3v) is 2.67. The van der Waals surface area contributed by atoms with Crippen molar-refractivity contribution in [1.29, 1.82) is 0 Å². The summed E-state index contributed by atoms with van der Waals surface area (Å²) in [5, 5.41) is 9.58. The number of carbonyl (C=O) groups is 2.